The van der Waals surface area contributed by atoms with Crippen molar-refractivity contribution < 1.29 is 9.53 Å². The molecule has 3 rings (SSSR count). The first-order valence-corrected chi connectivity index (χ1v) is 7.77. The fourth-order valence-electron chi connectivity index (χ4n) is 2.46. The number of hydrogen-bond acceptors (Lipinski definition) is 2. The lowest BCUT2D eigenvalue weighted by atomic mass is 10.1. The van der Waals surface area contributed by atoms with E-state index in [0.717, 1.165) is 16.8 Å². The Bertz CT molecular complexity index is 824. The Morgan fingerprint density at radius 2 is 1.87 bits per heavy atom. The highest BCUT2D eigenvalue weighted by Crippen LogP contribution is 2.28. The van der Waals surface area contributed by atoms with Crippen LogP contribution in [-0.2, 0) is 4.74 Å². The van der Waals surface area contributed by atoms with Crippen molar-refractivity contribution in [1.82, 2.24) is 4.57 Å². The summed E-state index contributed by atoms with van der Waals surface area (Å²) < 4.78 is 7.07. The van der Waals surface area contributed by atoms with Crippen molar-refractivity contribution in [3.05, 3.63) is 77.6 Å². The van der Waals surface area contributed by atoms with Crippen LogP contribution in [0.25, 0.3) is 16.8 Å². The molecule has 1 heterocycles. The molecule has 4 heteroatoms. The van der Waals surface area contributed by atoms with E-state index in [9.17, 15) is 4.79 Å². The maximum absolute atomic E-state index is 12.3. The van der Waals surface area contributed by atoms with Crippen LogP contribution in [0, 0.1) is 0 Å². The number of ether oxygens (including phenoxy) is 1. The maximum atomic E-state index is 12.3. The largest absolute Gasteiger partial charge is 0.462 e. The molecule has 0 saturated heterocycles. The molecule has 116 valence electrons. The fraction of sp³-hybridized carbons (Fsp3) is 0.105. The Hall–Kier alpha value is -2.52. The summed E-state index contributed by atoms with van der Waals surface area (Å²) in [6.07, 6.45) is 3.71. The molecule has 0 aliphatic carbocycles. The van der Waals surface area contributed by atoms with Crippen molar-refractivity contribution in [2.75, 3.05) is 6.61 Å². The van der Waals surface area contributed by atoms with Gasteiger partial charge in [0.05, 0.1) is 12.2 Å². The van der Waals surface area contributed by atoms with E-state index >= 15 is 0 Å². The number of nitrogens with zero attached hydrogens (tertiary/aromatic N) is 1. The summed E-state index contributed by atoms with van der Waals surface area (Å²) in [5.74, 6) is -0.327. The third kappa shape index (κ3) is 3.30. The molecule has 0 unspecified atom stereocenters. The second-order valence-corrected chi connectivity index (χ2v) is 5.50. The topological polar surface area (TPSA) is 31.2 Å². The lowest BCUT2D eigenvalue weighted by Gasteiger charge is -2.03. The van der Waals surface area contributed by atoms with E-state index < -0.39 is 0 Å². The SMILES string of the molecule is CCOC(=O)c1cn(-c2cccc(Cl)c2)cc1-c1ccccc1. The van der Waals surface area contributed by atoms with Crippen LogP contribution < -0.4 is 0 Å². The predicted molar refractivity (Wildman–Crippen MR) is 92.2 cm³/mol. The fourth-order valence-corrected chi connectivity index (χ4v) is 2.64. The van der Waals surface area contributed by atoms with Crippen molar-refractivity contribution in [3.8, 4) is 16.8 Å². The Labute approximate surface area is 140 Å². The average Bonchev–Trinajstić information content (AvgIpc) is 3.01. The van der Waals surface area contributed by atoms with Gasteiger partial charge in [-0.2, -0.15) is 0 Å². The van der Waals surface area contributed by atoms with Crippen LogP contribution in [0.5, 0.6) is 0 Å². The summed E-state index contributed by atoms with van der Waals surface area (Å²) in [7, 11) is 0. The van der Waals surface area contributed by atoms with E-state index in [4.69, 9.17) is 16.3 Å². The molecule has 3 aromatic rings. The summed E-state index contributed by atoms with van der Waals surface area (Å²) in [5.41, 5.74) is 3.24. The lowest BCUT2D eigenvalue weighted by molar-refractivity contribution is 0.0527. The number of carbonyl (C=O) groups excluding carboxylic acids is 1. The Morgan fingerprint density at radius 3 is 2.57 bits per heavy atom. The first kappa shape index (κ1) is 15.4. The van der Waals surface area contributed by atoms with Gasteiger partial charge in [0.15, 0.2) is 0 Å². The zero-order chi connectivity index (χ0) is 16.2. The lowest BCUT2D eigenvalue weighted by Crippen LogP contribution is -2.04. The summed E-state index contributed by atoms with van der Waals surface area (Å²) in [4.78, 5) is 12.3. The molecule has 0 radical (unpaired) electrons. The van der Waals surface area contributed by atoms with Gasteiger partial charge in [0.2, 0.25) is 0 Å². The van der Waals surface area contributed by atoms with Crippen molar-refractivity contribution in [2.24, 2.45) is 0 Å². The molecule has 0 bridgehead atoms. The van der Waals surface area contributed by atoms with Crippen LogP contribution >= 0.6 is 11.6 Å². The molecule has 0 saturated carbocycles. The van der Waals surface area contributed by atoms with Crippen molar-refractivity contribution in [3.63, 3.8) is 0 Å². The minimum Gasteiger partial charge on any atom is -0.462 e. The molecule has 0 fully saturated rings. The molecule has 0 atom stereocenters. The quantitative estimate of drug-likeness (QED) is 0.634. The van der Waals surface area contributed by atoms with Gasteiger partial charge in [-0.3, -0.25) is 0 Å². The molecule has 1 aromatic heterocycles. The summed E-state index contributed by atoms with van der Waals surface area (Å²) in [5, 5.41) is 0.648. The average molecular weight is 326 g/mol. The molecule has 0 spiro atoms. The smallest absolute Gasteiger partial charge is 0.340 e. The molecule has 0 aliphatic rings. The summed E-state index contributed by atoms with van der Waals surface area (Å²) in [6.45, 7) is 2.14. The van der Waals surface area contributed by atoms with Gasteiger partial charge in [-0.25, -0.2) is 4.79 Å². The van der Waals surface area contributed by atoms with E-state index in [-0.39, 0.29) is 5.97 Å². The van der Waals surface area contributed by atoms with Crippen LogP contribution in [0.4, 0.5) is 0 Å². The maximum Gasteiger partial charge on any atom is 0.340 e. The Morgan fingerprint density at radius 1 is 1.09 bits per heavy atom. The van der Waals surface area contributed by atoms with Crippen molar-refractivity contribution in [1.29, 1.82) is 0 Å². The number of carbonyl (C=O) groups is 1. The van der Waals surface area contributed by atoms with Gasteiger partial charge in [0.1, 0.15) is 0 Å². The zero-order valence-electron chi connectivity index (χ0n) is 12.7. The first-order chi connectivity index (χ1) is 11.2. The second-order valence-electron chi connectivity index (χ2n) is 5.06. The molecular weight excluding hydrogens is 310 g/mol. The minimum absolute atomic E-state index is 0.327. The first-order valence-electron chi connectivity index (χ1n) is 7.39. The molecule has 23 heavy (non-hydrogen) atoms. The number of hydrogen-bond donors (Lipinski definition) is 0. The minimum atomic E-state index is -0.327. The van der Waals surface area contributed by atoms with Gasteiger partial charge < -0.3 is 9.30 Å². The molecule has 0 aliphatic heterocycles. The molecule has 3 nitrogen and oxygen atoms in total. The van der Waals surface area contributed by atoms with E-state index in [1.54, 1.807) is 13.1 Å². The van der Waals surface area contributed by atoms with Crippen LogP contribution in [0.15, 0.2) is 67.0 Å². The van der Waals surface area contributed by atoms with Crippen LogP contribution in [0.3, 0.4) is 0 Å². The van der Waals surface area contributed by atoms with Gasteiger partial charge in [-0.1, -0.05) is 48.0 Å². The van der Waals surface area contributed by atoms with Crippen LogP contribution in [-0.4, -0.2) is 17.1 Å². The number of rotatable bonds is 4. The van der Waals surface area contributed by atoms with Crippen molar-refractivity contribution in [2.45, 2.75) is 6.92 Å². The summed E-state index contributed by atoms with van der Waals surface area (Å²) in [6, 6.07) is 17.3. The van der Waals surface area contributed by atoms with Gasteiger partial charge in [-0.15, -0.1) is 0 Å². The van der Waals surface area contributed by atoms with Crippen LogP contribution in [0.2, 0.25) is 5.02 Å². The van der Waals surface area contributed by atoms with Gasteiger partial charge >= 0.3 is 5.97 Å². The highest BCUT2D eigenvalue weighted by atomic mass is 35.5. The number of aromatic nitrogens is 1. The normalized spacial score (nSPS) is 10.5. The van der Waals surface area contributed by atoms with E-state index in [1.807, 2.05) is 65.4 Å². The van der Waals surface area contributed by atoms with Crippen LogP contribution in [0.1, 0.15) is 17.3 Å². The highest BCUT2D eigenvalue weighted by molar-refractivity contribution is 6.30. The predicted octanol–water partition coefficient (Wildman–Crippen LogP) is 4.97. The zero-order valence-corrected chi connectivity index (χ0v) is 13.5. The summed E-state index contributed by atoms with van der Waals surface area (Å²) >= 11 is 6.07. The molecule has 0 N–H and O–H groups in total. The number of esters is 1. The number of halogens is 1. The molecular formula is C19H16ClNO2. The number of benzene rings is 2. The van der Waals surface area contributed by atoms with Gasteiger partial charge in [0.25, 0.3) is 0 Å². The van der Waals surface area contributed by atoms with Crippen molar-refractivity contribution >= 4 is 17.6 Å². The highest BCUT2D eigenvalue weighted by Gasteiger charge is 2.17. The Balaban J connectivity index is 2.12. The van der Waals surface area contributed by atoms with E-state index in [2.05, 4.69) is 0 Å². The molecule has 2 aromatic carbocycles. The van der Waals surface area contributed by atoms with E-state index in [0.29, 0.717) is 17.2 Å². The third-order valence-electron chi connectivity index (χ3n) is 3.51. The standard InChI is InChI=1S/C19H16ClNO2/c1-2-23-19(22)18-13-21(16-10-6-9-15(20)11-16)12-17(18)14-7-4-3-5-8-14/h3-13H,2H2,1H3. The van der Waals surface area contributed by atoms with Gasteiger partial charge in [0, 0.05) is 28.7 Å². The molecule has 0 amide bonds. The third-order valence-corrected chi connectivity index (χ3v) is 3.75. The van der Waals surface area contributed by atoms with E-state index in [1.165, 1.54) is 0 Å². The Kier molecular flexibility index (Phi) is 4.49. The second kappa shape index (κ2) is 6.71. The monoisotopic (exact) mass is 325 g/mol. The van der Waals surface area contributed by atoms with Gasteiger partial charge in [-0.05, 0) is 30.7 Å².